The standard InChI is InChI=1S/C17H24N4O/c1-20(11-15-10-18-13-19-15)12-16-17(21(2)8-9-22-16)14-6-4-3-5-7-14/h3-7,10,13,16-17H,8-9,11-12H2,1-2H3,(H,18,19)/t16-,17-/m0/s1. The molecule has 0 radical (unpaired) electrons. The Morgan fingerprint density at radius 2 is 2.18 bits per heavy atom. The minimum Gasteiger partial charge on any atom is -0.374 e. The summed E-state index contributed by atoms with van der Waals surface area (Å²) in [4.78, 5) is 11.9. The van der Waals surface area contributed by atoms with Crippen LogP contribution in [0.25, 0.3) is 0 Å². The third-order valence-electron chi connectivity index (χ3n) is 4.23. The van der Waals surface area contributed by atoms with Gasteiger partial charge in [0.1, 0.15) is 0 Å². The van der Waals surface area contributed by atoms with Gasteiger partial charge >= 0.3 is 0 Å². The van der Waals surface area contributed by atoms with E-state index < -0.39 is 0 Å². The largest absolute Gasteiger partial charge is 0.374 e. The first kappa shape index (κ1) is 15.2. The van der Waals surface area contributed by atoms with E-state index in [2.05, 4.69) is 64.2 Å². The summed E-state index contributed by atoms with van der Waals surface area (Å²) < 4.78 is 6.10. The number of benzene rings is 1. The second-order valence-corrected chi connectivity index (χ2v) is 6.02. The lowest BCUT2D eigenvalue weighted by Gasteiger charge is -2.40. The van der Waals surface area contributed by atoms with Crippen molar-refractivity contribution in [3.63, 3.8) is 0 Å². The minimum absolute atomic E-state index is 0.175. The maximum Gasteiger partial charge on any atom is 0.0922 e. The zero-order chi connectivity index (χ0) is 15.4. The van der Waals surface area contributed by atoms with E-state index in [1.54, 1.807) is 6.33 Å². The van der Waals surface area contributed by atoms with Crippen molar-refractivity contribution in [2.45, 2.75) is 18.7 Å². The molecule has 0 aliphatic carbocycles. The first-order chi connectivity index (χ1) is 10.7. The number of hydrogen-bond acceptors (Lipinski definition) is 4. The predicted octanol–water partition coefficient (Wildman–Crippen LogP) is 1.91. The van der Waals surface area contributed by atoms with Gasteiger partial charge in [0.15, 0.2) is 0 Å². The van der Waals surface area contributed by atoms with Gasteiger partial charge in [0.05, 0.1) is 25.1 Å². The van der Waals surface area contributed by atoms with Gasteiger partial charge in [0.25, 0.3) is 0 Å². The number of nitrogens with zero attached hydrogens (tertiary/aromatic N) is 3. The summed E-state index contributed by atoms with van der Waals surface area (Å²) in [5.41, 5.74) is 2.45. The Labute approximate surface area is 131 Å². The van der Waals surface area contributed by atoms with Crippen LogP contribution in [0, 0.1) is 0 Å². The molecule has 1 fully saturated rings. The number of aromatic nitrogens is 2. The number of hydrogen-bond donors (Lipinski definition) is 1. The number of morpholine rings is 1. The number of nitrogens with one attached hydrogen (secondary N) is 1. The van der Waals surface area contributed by atoms with Crippen LogP contribution in [0.4, 0.5) is 0 Å². The van der Waals surface area contributed by atoms with Gasteiger partial charge in [0.2, 0.25) is 0 Å². The molecule has 2 atom stereocenters. The fourth-order valence-corrected chi connectivity index (χ4v) is 3.17. The summed E-state index contributed by atoms with van der Waals surface area (Å²) in [6.45, 7) is 3.51. The molecule has 0 spiro atoms. The molecule has 0 bridgehead atoms. The van der Waals surface area contributed by atoms with Gasteiger partial charge in [-0.2, -0.15) is 0 Å². The third kappa shape index (κ3) is 3.55. The van der Waals surface area contributed by atoms with E-state index in [-0.39, 0.29) is 6.10 Å². The molecule has 2 aromatic rings. The van der Waals surface area contributed by atoms with Gasteiger partial charge in [-0.25, -0.2) is 4.98 Å². The topological polar surface area (TPSA) is 44.4 Å². The highest BCUT2D eigenvalue weighted by atomic mass is 16.5. The van der Waals surface area contributed by atoms with Crippen LogP contribution in [0.2, 0.25) is 0 Å². The van der Waals surface area contributed by atoms with Crippen LogP contribution in [0.3, 0.4) is 0 Å². The Kier molecular flexibility index (Phi) is 4.87. The fraction of sp³-hybridized carbons (Fsp3) is 0.471. The molecule has 5 heteroatoms. The molecule has 1 aromatic heterocycles. The van der Waals surface area contributed by atoms with Gasteiger partial charge in [0, 0.05) is 31.5 Å². The Balaban J connectivity index is 1.69. The molecule has 0 unspecified atom stereocenters. The van der Waals surface area contributed by atoms with Crippen LogP contribution < -0.4 is 0 Å². The number of aromatic amines is 1. The minimum atomic E-state index is 0.175. The molecule has 1 saturated heterocycles. The highest BCUT2D eigenvalue weighted by Crippen LogP contribution is 2.28. The molecule has 1 aromatic carbocycles. The van der Waals surface area contributed by atoms with Gasteiger partial charge in [-0.1, -0.05) is 30.3 Å². The molecule has 1 N–H and O–H groups in total. The van der Waals surface area contributed by atoms with Crippen molar-refractivity contribution in [1.29, 1.82) is 0 Å². The van der Waals surface area contributed by atoms with Crippen LogP contribution >= 0.6 is 0 Å². The summed E-state index contributed by atoms with van der Waals surface area (Å²) >= 11 is 0. The lowest BCUT2D eigenvalue weighted by Crippen LogP contribution is -2.47. The lowest BCUT2D eigenvalue weighted by atomic mass is 9.98. The average molecular weight is 300 g/mol. The lowest BCUT2D eigenvalue weighted by molar-refractivity contribution is -0.0743. The highest BCUT2D eigenvalue weighted by Gasteiger charge is 2.32. The Morgan fingerprint density at radius 3 is 2.91 bits per heavy atom. The normalized spacial score (nSPS) is 23.0. The Morgan fingerprint density at radius 1 is 1.36 bits per heavy atom. The van der Waals surface area contributed by atoms with Crippen molar-refractivity contribution in [3.8, 4) is 0 Å². The van der Waals surface area contributed by atoms with Gasteiger partial charge in [-0.05, 0) is 19.7 Å². The van der Waals surface area contributed by atoms with Crippen molar-refractivity contribution in [2.75, 3.05) is 33.8 Å². The van der Waals surface area contributed by atoms with E-state index in [1.807, 2.05) is 6.20 Å². The monoisotopic (exact) mass is 300 g/mol. The van der Waals surface area contributed by atoms with Crippen molar-refractivity contribution in [3.05, 3.63) is 54.1 Å². The molecular formula is C17H24N4O. The van der Waals surface area contributed by atoms with E-state index in [0.29, 0.717) is 6.04 Å². The number of ether oxygens (including phenoxy) is 1. The molecule has 1 aliphatic rings. The number of imidazole rings is 1. The highest BCUT2D eigenvalue weighted by molar-refractivity contribution is 5.21. The smallest absolute Gasteiger partial charge is 0.0922 e. The first-order valence-corrected chi connectivity index (χ1v) is 7.76. The van der Waals surface area contributed by atoms with Gasteiger partial charge < -0.3 is 9.72 Å². The Bertz CT molecular complexity index is 557. The van der Waals surface area contributed by atoms with E-state index in [4.69, 9.17) is 4.74 Å². The fourth-order valence-electron chi connectivity index (χ4n) is 3.17. The molecular weight excluding hydrogens is 276 g/mol. The van der Waals surface area contributed by atoms with E-state index >= 15 is 0 Å². The number of H-pyrrole nitrogens is 1. The Hall–Kier alpha value is -1.69. The quantitative estimate of drug-likeness (QED) is 0.916. The van der Waals surface area contributed by atoms with Crippen molar-refractivity contribution >= 4 is 0 Å². The van der Waals surface area contributed by atoms with Crippen LogP contribution in [-0.4, -0.2) is 59.7 Å². The molecule has 1 aliphatic heterocycles. The summed E-state index contributed by atoms with van der Waals surface area (Å²) in [5.74, 6) is 0. The van der Waals surface area contributed by atoms with E-state index in [0.717, 1.165) is 31.9 Å². The molecule has 2 heterocycles. The third-order valence-corrected chi connectivity index (χ3v) is 4.23. The van der Waals surface area contributed by atoms with Crippen LogP contribution in [0.5, 0.6) is 0 Å². The second kappa shape index (κ2) is 7.05. The van der Waals surface area contributed by atoms with Crippen molar-refractivity contribution < 1.29 is 4.74 Å². The molecule has 5 nitrogen and oxygen atoms in total. The van der Waals surface area contributed by atoms with Crippen molar-refractivity contribution in [1.82, 2.24) is 19.8 Å². The summed E-state index contributed by atoms with van der Waals surface area (Å²) in [6, 6.07) is 11.0. The number of likely N-dealkylation sites (N-methyl/N-ethyl adjacent to an activating group) is 2. The maximum absolute atomic E-state index is 6.10. The van der Waals surface area contributed by atoms with Crippen LogP contribution in [0.15, 0.2) is 42.9 Å². The van der Waals surface area contributed by atoms with Crippen LogP contribution in [0.1, 0.15) is 17.3 Å². The zero-order valence-corrected chi connectivity index (χ0v) is 13.3. The molecule has 0 amide bonds. The molecule has 0 saturated carbocycles. The predicted molar refractivity (Wildman–Crippen MR) is 86.5 cm³/mol. The van der Waals surface area contributed by atoms with Crippen molar-refractivity contribution in [2.24, 2.45) is 0 Å². The molecule has 118 valence electrons. The summed E-state index contributed by atoms with van der Waals surface area (Å²) in [6.07, 6.45) is 3.77. The second-order valence-electron chi connectivity index (χ2n) is 6.02. The maximum atomic E-state index is 6.10. The summed E-state index contributed by atoms with van der Waals surface area (Å²) in [7, 11) is 4.31. The van der Waals surface area contributed by atoms with Gasteiger partial charge in [-0.3, -0.25) is 9.80 Å². The van der Waals surface area contributed by atoms with E-state index in [1.165, 1.54) is 5.56 Å². The summed E-state index contributed by atoms with van der Waals surface area (Å²) in [5, 5.41) is 0. The van der Waals surface area contributed by atoms with E-state index in [9.17, 15) is 0 Å². The van der Waals surface area contributed by atoms with Crippen LogP contribution in [-0.2, 0) is 11.3 Å². The number of rotatable bonds is 5. The molecule has 3 rings (SSSR count). The SMILES string of the molecule is CN(Cc1cnc[nH]1)C[C@@H]1OCCN(C)[C@H]1c1ccccc1. The first-order valence-electron chi connectivity index (χ1n) is 7.76. The average Bonchev–Trinajstić information content (AvgIpc) is 3.01. The van der Waals surface area contributed by atoms with Gasteiger partial charge in [-0.15, -0.1) is 0 Å². The zero-order valence-electron chi connectivity index (χ0n) is 13.3. The molecule has 22 heavy (non-hydrogen) atoms.